The smallest absolute Gasteiger partial charge is 0.326 e. The van der Waals surface area contributed by atoms with E-state index in [2.05, 4.69) is 47.5 Å². The van der Waals surface area contributed by atoms with Gasteiger partial charge >= 0.3 is 11.9 Å². The lowest BCUT2D eigenvalue weighted by Crippen LogP contribution is -2.61. The number of likely N-dealkylation sites (tertiary alicyclic amines) is 2. The van der Waals surface area contributed by atoms with E-state index in [9.17, 15) is 87.9 Å². The summed E-state index contributed by atoms with van der Waals surface area (Å²) in [5.74, 6) is -13.6. The molecule has 0 bridgehead atoms. The number of aliphatic carboxylic acids is 2. The number of phenols is 1. The van der Waals surface area contributed by atoms with Crippen molar-refractivity contribution >= 4 is 94.6 Å². The summed E-state index contributed by atoms with van der Waals surface area (Å²) < 4.78 is 0. The molecule has 11 atom stereocenters. The molecule has 0 aromatic heterocycles. The van der Waals surface area contributed by atoms with Crippen LogP contribution in [0.3, 0.4) is 0 Å². The first kappa shape index (κ1) is 76.9. The first-order chi connectivity index (χ1) is 42.9. The average Bonchev–Trinajstić information content (AvgIpc) is 1.72. The topological polar surface area (TPSA) is 542 Å². The first-order valence-electron chi connectivity index (χ1n) is 30.0. The number of carbonyl (C=O) groups excluding carboxylic acids is 11. The number of aliphatic hydroxyl groups is 2. The van der Waals surface area contributed by atoms with Gasteiger partial charge in [0, 0.05) is 32.5 Å². The highest BCUT2D eigenvalue weighted by Gasteiger charge is 2.45. The van der Waals surface area contributed by atoms with Crippen molar-refractivity contribution in [3.8, 4) is 5.75 Å². The van der Waals surface area contributed by atoms with Gasteiger partial charge in [-0.15, -0.1) is 0 Å². The quantitative estimate of drug-likeness (QED) is 0.0166. The van der Waals surface area contributed by atoms with Gasteiger partial charge in [0.05, 0.1) is 25.7 Å². The highest BCUT2D eigenvalue weighted by atomic mass is 32.2. The van der Waals surface area contributed by atoms with Crippen LogP contribution >= 0.6 is 11.8 Å². The lowest BCUT2D eigenvalue weighted by molar-refractivity contribution is -0.148. The number of carbonyl (C=O) groups is 13. The fourth-order valence-corrected chi connectivity index (χ4v) is 10.6. The number of nitrogens with zero attached hydrogens (tertiary/aromatic N) is 3. The Labute approximate surface area is 530 Å². The molecule has 0 aliphatic carbocycles. The molecule has 2 saturated heterocycles. The van der Waals surface area contributed by atoms with Gasteiger partial charge in [0.15, 0.2) is 5.96 Å². The third-order valence-electron chi connectivity index (χ3n) is 14.8. The van der Waals surface area contributed by atoms with E-state index in [-0.39, 0.29) is 94.5 Å². The van der Waals surface area contributed by atoms with Crippen LogP contribution in [0.4, 0.5) is 0 Å². The van der Waals surface area contributed by atoms with E-state index in [1.54, 1.807) is 34.0 Å². The zero-order chi connectivity index (χ0) is 68.2. The van der Waals surface area contributed by atoms with Crippen LogP contribution in [-0.2, 0) is 68.7 Å². The molecule has 91 heavy (non-hydrogen) atoms. The molecule has 11 amide bonds. The molecule has 2 heterocycles. The molecule has 1 aromatic carbocycles. The molecule has 33 nitrogen and oxygen atoms in total. The molecular formula is C57H91N15O18S. The van der Waals surface area contributed by atoms with E-state index in [1.807, 2.05) is 0 Å². The second-order valence-electron chi connectivity index (χ2n) is 23.1. The monoisotopic (exact) mass is 1310 g/mol. The maximum absolute atomic E-state index is 14.6. The fraction of sp³-hybridized carbons (Fsp3) is 0.649. The molecule has 2 fully saturated rings. The van der Waals surface area contributed by atoms with E-state index in [0.29, 0.717) is 24.2 Å². The van der Waals surface area contributed by atoms with Gasteiger partial charge in [-0.1, -0.05) is 39.8 Å². The molecular weight excluding hydrogens is 1210 g/mol. The van der Waals surface area contributed by atoms with Crippen molar-refractivity contribution in [1.29, 1.82) is 0 Å². The SMILES string of the molecule is CSCC[C@H](NC(=O)[C@H](CC(N)=O)NC(=O)[C@H](CO)NC(=O)[C@H](CC(C)C)NC(=O)[C@H](CCC(=O)O)NC(=O)[C@@H]1CCCN1C(=O)[C@@H]1CCCN1C(=O)[C@H](CC(C)C)NC(=O)[C@H](CO)NC(=O)[C@H](Cc1ccc(O)cc1)NC(=O)[C@@H](N)CCCN=C(N)N)C(=O)O. The largest absolute Gasteiger partial charge is 0.508 e. The summed E-state index contributed by atoms with van der Waals surface area (Å²) in [6.45, 7) is 5.09. The number of hydrogen-bond donors (Lipinski definition) is 17. The zero-order valence-corrected chi connectivity index (χ0v) is 52.7. The van der Waals surface area contributed by atoms with Crippen LogP contribution in [0.5, 0.6) is 5.75 Å². The number of nitrogens with one attached hydrogen (secondary N) is 8. The Morgan fingerprint density at radius 1 is 0.593 bits per heavy atom. The molecule has 3 rings (SSSR count). The first-order valence-corrected chi connectivity index (χ1v) is 31.4. The highest BCUT2D eigenvalue weighted by molar-refractivity contribution is 7.98. The minimum Gasteiger partial charge on any atom is -0.508 e. The lowest BCUT2D eigenvalue weighted by atomic mass is 10.0. The van der Waals surface area contributed by atoms with Crippen LogP contribution in [0.1, 0.15) is 110 Å². The van der Waals surface area contributed by atoms with Crippen molar-refractivity contribution in [3.63, 3.8) is 0 Å². The van der Waals surface area contributed by atoms with Crippen molar-refractivity contribution < 1.29 is 87.9 Å². The zero-order valence-electron chi connectivity index (χ0n) is 51.9. The Bertz CT molecular complexity index is 2740. The minimum atomic E-state index is -1.83. The Balaban J connectivity index is 1.81. The number of phenolic OH excluding ortho intramolecular Hbond substituents is 1. The van der Waals surface area contributed by atoms with E-state index in [1.165, 1.54) is 45.8 Å². The maximum atomic E-state index is 14.6. The van der Waals surface area contributed by atoms with Gasteiger partial charge in [0.2, 0.25) is 65.0 Å². The average molecular weight is 1310 g/mol. The predicted molar refractivity (Wildman–Crippen MR) is 329 cm³/mol. The Kier molecular flexibility index (Phi) is 32.4. The number of benzene rings is 1. The van der Waals surface area contributed by atoms with Crippen molar-refractivity contribution in [2.75, 3.05) is 44.9 Å². The molecule has 0 spiro atoms. The molecule has 34 heteroatoms. The molecule has 2 aliphatic heterocycles. The fourth-order valence-electron chi connectivity index (χ4n) is 10.1. The summed E-state index contributed by atoms with van der Waals surface area (Å²) in [6, 6.07) is -10.3. The van der Waals surface area contributed by atoms with Crippen LogP contribution in [0.25, 0.3) is 0 Å². The molecule has 1 aromatic rings. The molecule has 0 saturated carbocycles. The van der Waals surface area contributed by atoms with Gasteiger partial charge in [-0.05, 0) is 106 Å². The van der Waals surface area contributed by atoms with E-state index in [0.717, 1.165) is 0 Å². The summed E-state index contributed by atoms with van der Waals surface area (Å²) in [6.07, 6.45) is 0.730. The van der Waals surface area contributed by atoms with Crippen LogP contribution in [0, 0.1) is 11.8 Å². The number of guanidine groups is 1. The predicted octanol–water partition coefficient (Wildman–Crippen LogP) is -5.17. The minimum absolute atomic E-state index is 0.0163. The van der Waals surface area contributed by atoms with Crippen LogP contribution in [-0.4, -0.2) is 230 Å². The standard InChI is InChI=1S/C57H91N15O18S/c1-29(2)23-36(48(81)69-40(27-73)51(84)67-38(26-44(59)76)50(83)64-35(56(89)90)18-22-91-5)66-47(80)34(16-17-45(77)78)63-53(86)42-10-7-20-71(42)55(88)43-11-8-21-72(43)54(87)39(24-30(3)4)68-52(85)41(28-74)70-49(82)37(25-31-12-14-32(75)15-13-31)65-46(79)33(58)9-6-19-62-57(60)61/h12-15,29-30,33-43,73-75H,6-11,16-28,58H2,1-5H3,(H2,59,76)(H,63,86)(H,64,83)(H,65,79)(H,66,80)(H,67,84)(H,68,85)(H,69,81)(H,70,82)(H,77,78)(H,89,90)(H4,60,61,62)/t33-,34-,35-,36-,37-,38-,39-,40-,41-,42-,43-/m0/s1. The summed E-state index contributed by atoms with van der Waals surface area (Å²) in [7, 11) is 0. The van der Waals surface area contributed by atoms with Crippen LogP contribution in [0.2, 0.25) is 0 Å². The highest BCUT2D eigenvalue weighted by Crippen LogP contribution is 2.27. The number of hydrogen-bond acceptors (Lipinski definition) is 19. The summed E-state index contributed by atoms with van der Waals surface area (Å²) in [5, 5.41) is 69.2. The number of aliphatic imine (C=N–C) groups is 1. The van der Waals surface area contributed by atoms with E-state index < -0.39 is 176 Å². The number of nitrogens with two attached hydrogens (primary N) is 4. The van der Waals surface area contributed by atoms with Crippen LogP contribution in [0.15, 0.2) is 29.3 Å². The van der Waals surface area contributed by atoms with Crippen molar-refractivity contribution in [2.24, 2.45) is 39.8 Å². The molecule has 21 N–H and O–H groups in total. The summed E-state index contributed by atoms with van der Waals surface area (Å²) in [5.41, 5.74) is 22.7. The van der Waals surface area contributed by atoms with Crippen molar-refractivity contribution in [3.05, 3.63) is 29.8 Å². The van der Waals surface area contributed by atoms with Crippen LogP contribution < -0.4 is 65.5 Å². The molecule has 2 aliphatic rings. The maximum Gasteiger partial charge on any atom is 0.326 e. The van der Waals surface area contributed by atoms with Gasteiger partial charge in [0.1, 0.15) is 66.2 Å². The number of rotatable bonds is 39. The molecule has 508 valence electrons. The third kappa shape index (κ3) is 25.8. The normalized spacial score (nSPS) is 17.5. The number of aromatic hydroxyl groups is 1. The van der Waals surface area contributed by atoms with Crippen molar-refractivity contribution in [2.45, 2.75) is 178 Å². The Morgan fingerprint density at radius 3 is 1.62 bits per heavy atom. The Hall–Kier alpha value is -8.37. The van der Waals surface area contributed by atoms with Gasteiger partial charge in [-0.2, -0.15) is 11.8 Å². The second kappa shape index (κ2) is 38.4. The summed E-state index contributed by atoms with van der Waals surface area (Å²) in [4.78, 5) is 181. The number of aliphatic hydroxyl groups excluding tert-OH is 2. The van der Waals surface area contributed by atoms with Gasteiger partial charge in [-0.3, -0.25) is 62.5 Å². The number of carboxylic acids is 2. The van der Waals surface area contributed by atoms with Gasteiger partial charge in [-0.25, -0.2) is 4.79 Å². The van der Waals surface area contributed by atoms with Gasteiger partial charge in [0.25, 0.3) is 0 Å². The number of carboxylic acid groups (broad SMARTS) is 2. The molecule has 0 radical (unpaired) electrons. The van der Waals surface area contributed by atoms with Crippen molar-refractivity contribution in [1.82, 2.24) is 52.3 Å². The number of primary amides is 1. The number of thioether (sulfide) groups is 1. The second-order valence-corrected chi connectivity index (χ2v) is 24.1. The summed E-state index contributed by atoms with van der Waals surface area (Å²) >= 11 is 1.30. The number of amides is 11. The molecule has 0 unspecified atom stereocenters. The van der Waals surface area contributed by atoms with E-state index in [4.69, 9.17) is 22.9 Å². The van der Waals surface area contributed by atoms with Gasteiger partial charge < -0.3 is 101 Å². The van der Waals surface area contributed by atoms with E-state index >= 15 is 0 Å². The third-order valence-corrected chi connectivity index (χ3v) is 15.5. The lowest BCUT2D eigenvalue weighted by Gasteiger charge is -2.34. The Morgan fingerprint density at radius 2 is 1.08 bits per heavy atom.